The number of nitrogens with two attached hydrogens (primary N) is 1. The Morgan fingerprint density at radius 3 is 2.76 bits per heavy atom. The van der Waals surface area contributed by atoms with Crippen molar-refractivity contribution >= 4 is 11.5 Å². The van der Waals surface area contributed by atoms with Gasteiger partial charge in [-0.1, -0.05) is 0 Å². The standard InChI is InChI=1S/C12H20N4O/c1-17-10-9-15-5-7-16(8-6-15)12-11(13)3-2-4-14-12/h2-4H,5-10,13H2,1H3. The Morgan fingerprint density at radius 2 is 2.12 bits per heavy atom. The second-order valence-electron chi connectivity index (χ2n) is 4.24. The molecule has 1 aliphatic rings. The Balaban J connectivity index is 1.89. The van der Waals surface area contributed by atoms with Crippen LogP contribution in [0.2, 0.25) is 0 Å². The van der Waals surface area contributed by atoms with Crippen molar-refractivity contribution in [2.24, 2.45) is 0 Å². The van der Waals surface area contributed by atoms with Crippen molar-refractivity contribution in [3.63, 3.8) is 0 Å². The van der Waals surface area contributed by atoms with Crippen molar-refractivity contribution in [3.05, 3.63) is 18.3 Å². The van der Waals surface area contributed by atoms with E-state index in [2.05, 4.69) is 14.8 Å². The van der Waals surface area contributed by atoms with Crippen molar-refractivity contribution in [3.8, 4) is 0 Å². The number of methoxy groups -OCH3 is 1. The predicted octanol–water partition coefficient (Wildman–Crippen LogP) is 0.432. The fourth-order valence-electron chi connectivity index (χ4n) is 2.08. The maximum absolute atomic E-state index is 5.93. The molecule has 5 nitrogen and oxygen atoms in total. The first-order valence-corrected chi connectivity index (χ1v) is 5.98. The molecular formula is C12H20N4O. The first kappa shape index (κ1) is 12.1. The molecule has 94 valence electrons. The van der Waals surface area contributed by atoms with E-state index in [1.165, 1.54) is 0 Å². The SMILES string of the molecule is COCCN1CCN(c2ncccc2N)CC1. The third-order valence-corrected chi connectivity index (χ3v) is 3.10. The smallest absolute Gasteiger partial charge is 0.151 e. The van der Waals surface area contributed by atoms with E-state index in [0.29, 0.717) is 0 Å². The number of hydrogen-bond donors (Lipinski definition) is 1. The van der Waals surface area contributed by atoms with Crippen LogP contribution in [0.3, 0.4) is 0 Å². The Hall–Kier alpha value is -1.33. The maximum Gasteiger partial charge on any atom is 0.151 e. The molecule has 0 spiro atoms. The van der Waals surface area contributed by atoms with Gasteiger partial charge in [-0.25, -0.2) is 4.98 Å². The number of piperazine rings is 1. The molecule has 1 saturated heterocycles. The van der Waals surface area contributed by atoms with Crippen molar-refractivity contribution in [1.82, 2.24) is 9.88 Å². The highest BCUT2D eigenvalue weighted by molar-refractivity contribution is 5.62. The lowest BCUT2D eigenvalue weighted by Crippen LogP contribution is -2.47. The van der Waals surface area contributed by atoms with Crippen LogP contribution >= 0.6 is 0 Å². The van der Waals surface area contributed by atoms with Crippen LogP contribution in [0.25, 0.3) is 0 Å². The molecule has 1 aliphatic heterocycles. The normalized spacial score (nSPS) is 17.4. The summed E-state index contributed by atoms with van der Waals surface area (Å²) in [5, 5.41) is 0. The van der Waals surface area contributed by atoms with Gasteiger partial charge in [-0.15, -0.1) is 0 Å². The van der Waals surface area contributed by atoms with Gasteiger partial charge in [-0.05, 0) is 12.1 Å². The van der Waals surface area contributed by atoms with Gasteiger partial charge in [0.2, 0.25) is 0 Å². The van der Waals surface area contributed by atoms with E-state index in [0.717, 1.165) is 50.8 Å². The lowest BCUT2D eigenvalue weighted by atomic mass is 10.3. The van der Waals surface area contributed by atoms with Crippen LogP contribution in [-0.2, 0) is 4.74 Å². The largest absolute Gasteiger partial charge is 0.396 e. The number of nitrogens with zero attached hydrogens (tertiary/aromatic N) is 3. The summed E-state index contributed by atoms with van der Waals surface area (Å²) in [6.45, 7) is 5.84. The molecule has 2 heterocycles. The molecule has 1 aromatic rings. The van der Waals surface area contributed by atoms with Gasteiger partial charge in [0.15, 0.2) is 5.82 Å². The van der Waals surface area contributed by atoms with Gasteiger partial charge >= 0.3 is 0 Å². The van der Waals surface area contributed by atoms with E-state index in [1.807, 2.05) is 12.1 Å². The Morgan fingerprint density at radius 1 is 1.35 bits per heavy atom. The maximum atomic E-state index is 5.93. The van der Waals surface area contributed by atoms with Crippen molar-refractivity contribution in [2.75, 3.05) is 57.1 Å². The van der Waals surface area contributed by atoms with Crippen molar-refractivity contribution < 1.29 is 4.74 Å². The molecule has 0 unspecified atom stereocenters. The summed E-state index contributed by atoms with van der Waals surface area (Å²) in [7, 11) is 1.74. The summed E-state index contributed by atoms with van der Waals surface area (Å²) in [4.78, 5) is 9.00. The van der Waals surface area contributed by atoms with Crippen LogP contribution in [0.1, 0.15) is 0 Å². The van der Waals surface area contributed by atoms with Gasteiger partial charge in [-0.2, -0.15) is 0 Å². The first-order chi connectivity index (χ1) is 8.31. The van der Waals surface area contributed by atoms with E-state index >= 15 is 0 Å². The number of pyridine rings is 1. The van der Waals surface area contributed by atoms with Crippen molar-refractivity contribution in [2.45, 2.75) is 0 Å². The van der Waals surface area contributed by atoms with Crippen LogP contribution in [-0.4, -0.2) is 56.3 Å². The molecule has 1 fully saturated rings. The van der Waals surface area contributed by atoms with E-state index < -0.39 is 0 Å². The van der Waals surface area contributed by atoms with E-state index in [1.54, 1.807) is 13.3 Å². The topological polar surface area (TPSA) is 54.6 Å². The molecular weight excluding hydrogens is 216 g/mol. The summed E-state index contributed by atoms with van der Waals surface area (Å²) in [6.07, 6.45) is 1.79. The quantitative estimate of drug-likeness (QED) is 0.821. The predicted molar refractivity (Wildman–Crippen MR) is 69.2 cm³/mol. The molecule has 1 aromatic heterocycles. The van der Waals surface area contributed by atoms with Gasteiger partial charge < -0.3 is 15.4 Å². The average molecular weight is 236 g/mol. The molecule has 0 atom stereocenters. The monoisotopic (exact) mass is 236 g/mol. The van der Waals surface area contributed by atoms with E-state index in [-0.39, 0.29) is 0 Å². The van der Waals surface area contributed by atoms with Crippen LogP contribution in [0.4, 0.5) is 11.5 Å². The van der Waals surface area contributed by atoms with Gasteiger partial charge in [0, 0.05) is 46.0 Å². The fraction of sp³-hybridized carbons (Fsp3) is 0.583. The number of nitrogen functional groups attached to an aromatic ring is 1. The molecule has 0 amide bonds. The van der Waals surface area contributed by atoms with Crippen LogP contribution in [0.15, 0.2) is 18.3 Å². The van der Waals surface area contributed by atoms with Gasteiger partial charge in [0.05, 0.1) is 12.3 Å². The summed E-state index contributed by atoms with van der Waals surface area (Å²) in [5.41, 5.74) is 6.69. The minimum Gasteiger partial charge on any atom is -0.396 e. The second kappa shape index (κ2) is 5.84. The lowest BCUT2D eigenvalue weighted by molar-refractivity contribution is 0.144. The molecule has 0 bridgehead atoms. The van der Waals surface area contributed by atoms with Gasteiger partial charge in [0.1, 0.15) is 0 Å². The number of anilines is 2. The molecule has 5 heteroatoms. The fourth-order valence-corrected chi connectivity index (χ4v) is 2.08. The number of ether oxygens (including phenoxy) is 1. The summed E-state index contributed by atoms with van der Waals surface area (Å²) in [6, 6.07) is 3.77. The number of rotatable bonds is 4. The van der Waals surface area contributed by atoms with Crippen molar-refractivity contribution in [1.29, 1.82) is 0 Å². The zero-order valence-corrected chi connectivity index (χ0v) is 10.3. The molecule has 2 N–H and O–H groups in total. The minimum atomic E-state index is 0.762. The Bertz CT molecular complexity index is 350. The Labute approximate surface area is 102 Å². The van der Waals surface area contributed by atoms with Crippen LogP contribution < -0.4 is 10.6 Å². The van der Waals surface area contributed by atoms with Gasteiger partial charge in [0.25, 0.3) is 0 Å². The van der Waals surface area contributed by atoms with E-state index in [4.69, 9.17) is 10.5 Å². The molecule has 17 heavy (non-hydrogen) atoms. The lowest BCUT2D eigenvalue weighted by Gasteiger charge is -2.35. The third-order valence-electron chi connectivity index (χ3n) is 3.10. The highest BCUT2D eigenvalue weighted by atomic mass is 16.5. The summed E-state index contributed by atoms with van der Waals surface area (Å²) in [5.74, 6) is 0.916. The summed E-state index contributed by atoms with van der Waals surface area (Å²) < 4.78 is 5.09. The Kier molecular flexibility index (Phi) is 4.17. The second-order valence-corrected chi connectivity index (χ2v) is 4.24. The minimum absolute atomic E-state index is 0.762. The first-order valence-electron chi connectivity index (χ1n) is 5.98. The average Bonchev–Trinajstić information content (AvgIpc) is 2.38. The highest BCUT2D eigenvalue weighted by Gasteiger charge is 2.18. The zero-order chi connectivity index (χ0) is 12.1. The molecule has 0 radical (unpaired) electrons. The number of aromatic nitrogens is 1. The molecule has 2 rings (SSSR count). The molecule has 0 saturated carbocycles. The van der Waals surface area contributed by atoms with Gasteiger partial charge in [-0.3, -0.25) is 4.90 Å². The molecule has 0 aromatic carbocycles. The van der Waals surface area contributed by atoms with Crippen LogP contribution in [0, 0.1) is 0 Å². The number of hydrogen-bond acceptors (Lipinski definition) is 5. The zero-order valence-electron chi connectivity index (χ0n) is 10.3. The molecule has 0 aliphatic carbocycles. The van der Waals surface area contributed by atoms with E-state index in [9.17, 15) is 0 Å². The van der Waals surface area contributed by atoms with Crippen LogP contribution in [0.5, 0.6) is 0 Å². The highest BCUT2D eigenvalue weighted by Crippen LogP contribution is 2.20. The third kappa shape index (κ3) is 3.08. The summed E-state index contributed by atoms with van der Waals surface area (Å²) >= 11 is 0.